The van der Waals surface area contributed by atoms with Gasteiger partial charge in [0.2, 0.25) is 0 Å². The van der Waals surface area contributed by atoms with E-state index in [0.29, 0.717) is 11.1 Å². The molecule has 0 aliphatic carbocycles. The number of urea groups is 1. The Morgan fingerprint density at radius 3 is 2.65 bits per heavy atom. The van der Waals surface area contributed by atoms with Crippen molar-refractivity contribution in [2.75, 3.05) is 19.0 Å². The first-order valence-corrected chi connectivity index (χ1v) is 11.6. The van der Waals surface area contributed by atoms with Crippen LogP contribution in [0.25, 0.3) is 11.3 Å². The molecule has 0 saturated heterocycles. The zero-order valence-electron chi connectivity index (χ0n) is 20.4. The van der Waals surface area contributed by atoms with E-state index in [1.165, 1.54) is 48.3 Å². The number of carbonyl (C=O) groups excluding carboxylic acids is 2. The largest absolute Gasteiger partial charge is 0.447 e. The highest BCUT2D eigenvalue weighted by molar-refractivity contribution is 6.31. The monoisotopic (exact) mass is 536 g/mol. The van der Waals surface area contributed by atoms with Gasteiger partial charge in [0.05, 0.1) is 16.7 Å². The second kappa shape index (κ2) is 12.0. The van der Waals surface area contributed by atoms with Crippen molar-refractivity contribution in [2.24, 2.45) is 0 Å². The summed E-state index contributed by atoms with van der Waals surface area (Å²) in [6.07, 6.45) is -0.793. The van der Waals surface area contributed by atoms with Gasteiger partial charge in [-0.15, -0.1) is 0 Å². The van der Waals surface area contributed by atoms with Gasteiger partial charge in [0, 0.05) is 25.2 Å². The maximum atomic E-state index is 13.6. The zero-order valence-corrected chi connectivity index (χ0v) is 21.2. The molecule has 0 unspecified atom stereocenters. The molecule has 0 spiro atoms. The predicted octanol–water partition coefficient (Wildman–Crippen LogP) is 5.19. The Hall–Kier alpha value is -3.70. The van der Waals surface area contributed by atoms with Gasteiger partial charge in [-0.25, -0.2) is 18.4 Å². The molecule has 12 heteroatoms. The second-order valence-corrected chi connectivity index (χ2v) is 9.34. The number of aromatic nitrogens is 1. The highest BCUT2D eigenvalue weighted by Crippen LogP contribution is 2.23. The minimum absolute atomic E-state index is 0.0316. The molecule has 0 aliphatic rings. The van der Waals surface area contributed by atoms with Crippen molar-refractivity contribution in [3.63, 3.8) is 0 Å². The van der Waals surface area contributed by atoms with Crippen LogP contribution in [0.3, 0.4) is 0 Å². The van der Waals surface area contributed by atoms with Crippen molar-refractivity contribution < 1.29 is 32.7 Å². The predicted molar refractivity (Wildman–Crippen MR) is 133 cm³/mol. The highest BCUT2D eigenvalue weighted by Gasteiger charge is 2.28. The highest BCUT2D eigenvalue weighted by atomic mass is 35.5. The van der Waals surface area contributed by atoms with Crippen LogP contribution in [0.2, 0.25) is 5.02 Å². The van der Waals surface area contributed by atoms with Crippen LogP contribution in [0.5, 0.6) is 0 Å². The summed E-state index contributed by atoms with van der Waals surface area (Å²) in [5, 5.41) is 19.0. The minimum Gasteiger partial charge on any atom is -0.447 e. The normalized spacial score (nSPS) is 12.1. The van der Waals surface area contributed by atoms with Gasteiger partial charge in [0.15, 0.2) is 11.6 Å². The molecule has 1 atom stereocenters. The number of halogens is 3. The number of nitrogens with one attached hydrogen (secondary N) is 2. The molecule has 198 valence electrons. The molecule has 1 aromatic heterocycles. The number of likely N-dealkylation sites (N-methyl/N-ethyl adjacent to an activating group) is 1. The standard InChI is InChI=1S/C25H27ClF2N4O5/c1-25(2,35)12-18(32(3)23(33)29-13-16-7-5-9-19(28)22(16)26)14-36-24(34)30-21-11-20(37-31-21)15-6-4-8-17(27)10-15/h4-11,18,35H,12-14H2,1-3H3,(H,29,33)(H,30,31,34)/t18-/m0/s1. The molecule has 9 nitrogen and oxygen atoms in total. The molecular formula is C25H27ClF2N4O5. The Labute approximate surface area is 217 Å². The lowest BCUT2D eigenvalue weighted by Gasteiger charge is -2.32. The van der Waals surface area contributed by atoms with E-state index in [1.54, 1.807) is 26.0 Å². The van der Waals surface area contributed by atoms with Gasteiger partial charge in [0.1, 0.15) is 18.2 Å². The summed E-state index contributed by atoms with van der Waals surface area (Å²) < 4.78 is 37.5. The average molecular weight is 537 g/mol. The summed E-state index contributed by atoms with van der Waals surface area (Å²) in [7, 11) is 1.48. The molecule has 3 amide bonds. The Morgan fingerprint density at radius 1 is 1.22 bits per heavy atom. The Balaban J connectivity index is 1.59. The zero-order chi connectivity index (χ0) is 27.2. The third-order valence-corrected chi connectivity index (χ3v) is 5.74. The summed E-state index contributed by atoms with van der Waals surface area (Å²) in [5.74, 6) is -0.769. The number of aliphatic hydroxyl groups is 1. The quantitative estimate of drug-likeness (QED) is 0.346. The maximum absolute atomic E-state index is 13.6. The van der Waals surface area contributed by atoms with E-state index in [4.69, 9.17) is 20.9 Å². The fourth-order valence-corrected chi connectivity index (χ4v) is 3.65. The third-order valence-electron chi connectivity index (χ3n) is 5.32. The van der Waals surface area contributed by atoms with Gasteiger partial charge in [-0.1, -0.05) is 41.0 Å². The summed E-state index contributed by atoms with van der Waals surface area (Å²) in [5.41, 5.74) is -0.355. The van der Waals surface area contributed by atoms with Crippen LogP contribution < -0.4 is 10.6 Å². The molecule has 37 heavy (non-hydrogen) atoms. The number of anilines is 1. The van der Waals surface area contributed by atoms with Crippen molar-refractivity contribution in [3.05, 3.63) is 70.8 Å². The SMILES string of the molecule is CN(C(=O)NCc1cccc(F)c1Cl)[C@H](COC(=O)Nc1cc(-c2cccc(F)c2)on1)CC(C)(C)O. The van der Waals surface area contributed by atoms with Crippen LogP contribution in [0.1, 0.15) is 25.8 Å². The van der Waals surface area contributed by atoms with E-state index in [9.17, 15) is 23.5 Å². The van der Waals surface area contributed by atoms with Gasteiger partial charge in [-0.3, -0.25) is 5.32 Å². The van der Waals surface area contributed by atoms with Crippen molar-refractivity contribution in [1.29, 1.82) is 0 Å². The van der Waals surface area contributed by atoms with Crippen LogP contribution >= 0.6 is 11.6 Å². The Bertz CT molecular complexity index is 1250. The Morgan fingerprint density at radius 2 is 1.95 bits per heavy atom. The maximum Gasteiger partial charge on any atom is 0.412 e. The molecule has 3 N–H and O–H groups in total. The van der Waals surface area contributed by atoms with E-state index in [1.807, 2.05) is 0 Å². The lowest BCUT2D eigenvalue weighted by molar-refractivity contribution is 0.0277. The number of nitrogens with zero attached hydrogens (tertiary/aromatic N) is 2. The summed E-state index contributed by atoms with van der Waals surface area (Å²) in [4.78, 5) is 26.4. The number of hydrogen-bond acceptors (Lipinski definition) is 6. The molecule has 3 aromatic rings. The second-order valence-electron chi connectivity index (χ2n) is 8.96. The Kier molecular flexibility index (Phi) is 9.06. The van der Waals surface area contributed by atoms with Crippen molar-refractivity contribution >= 4 is 29.5 Å². The van der Waals surface area contributed by atoms with Gasteiger partial charge < -0.3 is 24.6 Å². The van der Waals surface area contributed by atoms with E-state index in [2.05, 4.69) is 15.8 Å². The third kappa shape index (κ3) is 8.16. The number of amides is 3. The fourth-order valence-electron chi connectivity index (χ4n) is 3.46. The van der Waals surface area contributed by atoms with Crippen molar-refractivity contribution in [3.8, 4) is 11.3 Å². The van der Waals surface area contributed by atoms with E-state index in [0.717, 1.165) is 0 Å². The lowest BCUT2D eigenvalue weighted by Crippen LogP contribution is -2.48. The molecule has 0 bridgehead atoms. The summed E-state index contributed by atoms with van der Waals surface area (Å²) >= 11 is 5.93. The molecule has 2 aromatic carbocycles. The summed E-state index contributed by atoms with van der Waals surface area (Å²) in [6.45, 7) is 2.83. The topological polar surface area (TPSA) is 117 Å². The van der Waals surface area contributed by atoms with Crippen LogP contribution in [0.15, 0.2) is 53.1 Å². The number of hydrogen-bond donors (Lipinski definition) is 3. The van der Waals surface area contributed by atoms with E-state index in [-0.39, 0.29) is 36.2 Å². The van der Waals surface area contributed by atoms with Crippen LogP contribution in [-0.4, -0.2) is 52.6 Å². The number of benzene rings is 2. The van der Waals surface area contributed by atoms with Crippen molar-refractivity contribution in [1.82, 2.24) is 15.4 Å². The number of carbonyl (C=O) groups is 2. The van der Waals surface area contributed by atoms with Crippen molar-refractivity contribution in [2.45, 2.75) is 38.5 Å². The molecule has 3 rings (SSSR count). The number of ether oxygens (including phenoxy) is 1. The first kappa shape index (κ1) is 27.9. The number of rotatable bonds is 9. The molecule has 1 heterocycles. The molecule has 0 aliphatic heterocycles. The van der Waals surface area contributed by atoms with Crippen LogP contribution in [0.4, 0.5) is 24.2 Å². The molecular weight excluding hydrogens is 510 g/mol. The smallest absolute Gasteiger partial charge is 0.412 e. The van der Waals surface area contributed by atoms with Gasteiger partial charge in [-0.05, 0) is 44.0 Å². The lowest BCUT2D eigenvalue weighted by atomic mass is 9.99. The van der Waals surface area contributed by atoms with Gasteiger partial charge in [-0.2, -0.15) is 0 Å². The van der Waals surface area contributed by atoms with E-state index >= 15 is 0 Å². The first-order valence-electron chi connectivity index (χ1n) is 11.3. The average Bonchev–Trinajstić information content (AvgIpc) is 3.29. The molecule has 0 saturated carbocycles. The molecule has 0 radical (unpaired) electrons. The fraction of sp³-hybridized carbons (Fsp3) is 0.320. The molecule has 0 fully saturated rings. The van der Waals surface area contributed by atoms with Gasteiger partial charge >= 0.3 is 12.1 Å². The van der Waals surface area contributed by atoms with Crippen LogP contribution in [-0.2, 0) is 11.3 Å². The van der Waals surface area contributed by atoms with E-state index < -0.39 is 35.4 Å². The van der Waals surface area contributed by atoms with Gasteiger partial charge in [0.25, 0.3) is 0 Å². The van der Waals surface area contributed by atoms with Crippen LogP contribution in [0, 0.1) is 11.6 Å². The first-order chi connectivity index (χ1) is 17.4. The minimum atomic E-state index is -1.18. The summed E-state index contributed by atoms with van der Waals surface area (Å²) in [6, 6.07) is 10.1.